The molecule has 1 aromatic carbocycles. The van der Waals surface area contributed by atoms with Gasteiger partial charge >= 0.3 is 0 Å². The van der Waals surface area contributed by atoms with Crippen molar-refractivity contribution >= 4 is 0 Å². The third kappa shape index (κ3) is 5.63. The molecule has 2 heterocycles. The summed E-state index contributed by atoms with van der Waals surface area (Å²) in [6.45, 7) is 13.2. The molecule has 0 unspecified atom stereocenters. The molecular formula is C22H33FN4. The summed E-state index contributed by atoms with van der Waals surface area (Å²) in [7, 11) is 0. The normalized spacial score (nSPS) is 19.5. The maximum atomic E-state index is 13.2. The molecule has 1 fully saturated rings. The van der Waals surface area contributed by atoms with Gasteiger partial charge in [0.25, 0.3) is 0 Å². The Morgan fingerprint density at radius 1 is 1.15 bits per heavy atom. The Morgan fingerprint density at radius 3 is 2.59 bits per heavy atom. The monoisotopic (exact) mass is 372 g/mol. The third-order valence-corrected chi connectivity index (χ3v) is 5.70. The van der Waals surface area contributed by atoms with Gasteiger partial charge in [-0.2, -0.15) is 0 Å². The van der Waals surface area contributed by atoms with Crippen LogP contribution in [-0.2, 0) is 13.1 Å². The zero-order valence-electron chi connectivity index (χ0n) is 16.9. The second-order valence-corrected chi connectivity index (χ2v) is 8.08. The van der Waals surface area contributed by atoms with Crippen LogP contribution in [-0.4, -0.2) is 51.6 Å². The van der Waals surface area contributed by atoms with E-state index in [2.05, 4.69) is 46.3 Å². The van der Waals surface area contributed by atoms with E-state index in [1.165, 1.54) is 12.0 Å². The van der Waals surface area contributed by atoms with Gasteiger partial charge in [-0.15, -0.1) is 0 Å². The Labute approximate surface area is 163 Å². The molecule has 0 bridgehead atoms. The van der Waals surface area contributed by atoms with Crippen LogP contribution < -0.4 is 0 Å². The van der Waals surface area contributed by atoms with Gasteiger partial charge in [0.05, 0.1) is 0 Å². The van der Waals surface area contributed by atoms with Crippen molar-refractivity contribution in [1.29, 1.82) is 0 Å². The smallest absolute Gasteiger partial charge is 0.123 e. The van der Waals surface area contributed by atoms with Crippen LogP contribution >= 0.6 is 0 Å². The van der Waals surface area contributed by atoms with E-state index in [0.29, 0.717) is 12.0 Å². The van der Waals surface area contributed by atoms with E-state index >= 15 is 0 Å². The Bertz CT molecular complexity index is 695. The van der Waals surface area contributed by atoms with Gasteiger partial charge in [0.2, 0.25) is 0 Å². The summed E-state index contributed by atoms with van der Waals surface area (Å²) >= 11 is 0. The van der Waals surface area contributed by atoms with E-state index in [0.717, 1.165) is 51.5 Å². The van der Waals surface area contributed by atoms with Gasteiger partial charge in [-0.1, -0.05) is 26.0 Å². The van der Waals surface area contributed by atoms with E-state index in [9.17, 15) is 4.39 Å². The summed E-state index contributed by atoms with van der Waals surface area (Å²) < 4.78 is 15.4. The number of hydrogen-bond donors (Lipinski definition) is 0. The molecule has 27 heavy (non-hydrogen) atoms. The quantitative estimate of drug-likeness (QED) is 0.735. The second kappa shape index (κ2) is 9.47. The fourth-order valence-corrected chi connectivity index (χ4v) is 4.10. The maximum Gasteiger partial charge on any atom is 0.123 e. The molecule has 0 N–H and O–H groups in total. The molecule has 5 heteroatoms. The first kappa shape index (κ1) is 20.0. The van der Waals surface area contributed by atoms with Crippen LogP contribution in [0.15, 0.2) is 36.7 Å². The van der Waals surface area contributed by atoms with Crippen LogP contribution in [0.4, 0.5) is 4.39 Å². The molecule has 1 atom stereocenters. The highest BCUT2D eigenvalue weighted by atomic mass is 19.1. The van der Waals surface area contributed by atoms with Crippen molar-refractivity contribution < 1.29 is 4.39 Å². The van der Waals surface area contributed by atoms with Crippen molar-refractivity contribution in [3.8, 4) is 0 Å². The van der Waals surface area contributed by atoms with Gasteiger partial charge in [0, 0.05) is 44.6 Å². The van der Waals surface area contributed by atoms with Crippen molar-refractivity contribution in [3.63, 3.8) is 0 Å². The van der Waals surface area contributed by atoms with E-state index in [1.54, 1.807) is 12.1 Å². The van der Waals surface area contributed by atoms with Gasteiger partial charge < -0.3 is 9.47 Å². The molecule has 1 aromatic heterocycles. The van der Waals surface area contributed by atoms with Crippen molar-refractivity contribution in [1.82, 2.24) is 19.4 Å². The SMILES string of the molecule is Cc1nccn1CCCN1CCCN(Cc2ccc(F)cc2)[C@H](C(C)C)C1. The summed E-state index contributed by atoms with van der Waals surface area (Å²) in [5, 5.41) is 0. The maximum absolute atomic E-state index is 13.2. The Hall–Kier alpha value is -1.72. The molecule has 0 aliphatic carbocycles. The number of aromatic nitrogens is 2. The molecule has 1 saturated heterocycles. The fraction of sp³-hybridized carbons (Fsp3) is 0.591. The molecule has 0 spiro atoms. The van der Waals surface area contributed by atoms with Gasteiger partial charge in [-0.3, -0.25) is 4.90 Å². The fourth-order valence-electron chi connectivity index (χ4n) is 4.10. The number of nitrogens with zero attached hydrogens (tertiary/aromatic N) is 4. The number of halogens is 1. The zero-order valence-corrected chi connectivity index (χ0v) is 16.9. The highest BCUT2D eigenvalue weighted by Crippen LogP contribution is 2.20. The largest absolute Gasteiger partial charge is 0.335 e. The average molecular weight is 373 g/mol. The molecule has 148 valence electrons. The Balaban J connectivity index is 1.57. The summed E-state index contributed by atoms with van der Waals surface area (Å²) in [6, 6.07) is 7.52. The first-order valence-electron chi connectivity index (χ1n) is 10.2. The van der Waals surface area contributed by atoms with Crippen LogP contribution in [0, 0.1) is 18.7 Å². The Kier molecular flexibility index (Phi) is 7.02. The van der Waals surface area contributed by atoms with Crippen LogP contribution in [0.5, 0.6) is 0 Å². The summed E-state index contributed by atoms with van der Waals surface area (Å²) in [5.41, 5.74) is 1.20. The lowest BCUT2D eigenvalue weighted by Gasteiger charge is -2.34. The summed E-state index contributed by atoms with van der Waals surface area (Å²) in [5.74, 6) is 1.53. The predicted octanol–water partition coefficient (Wildman–Crippen LogP) is 3.95. The highest BCUT2D eigenvalue weighted by Gasteiger charge is 2.27. The minimum atomic E-state index is -0.158. The molecule has 0 radical (unpaired) electrons. The van der Waals surface area contributed by atoms with Gasteiger partial charge in [-0.25, -0.2) is 9.37 Å². The Morgan fingerprint density at radius 2 is 1.93 bits per heavy atom. The lowest BCUT2D eigenvalue weighted by atomic mass is 10.0. The molecule has 0 amide bonds. The second-order valence-electron chi connectivity index (χ2n) is 8.08. The molecule has 1 aliphatic rings. The third-order valence-electron chi connectivity index (χ3n) is 5.70. The van der Waals surface area contributed by atoms with Crippen LogP contribution in [0.2, 0.25) is 0 Å². The van der Waals surface area contributed by atoms with Crippen molar-refractivity contribution in [2.24, 2.45) is 5.92 Å². The molecule has 2 aromatic rings. The van der Waals surface area contributed by atoms with Crippen molar-refractivity contribution in [2.45, 2.75) is 52.7 Å². The topological polar surface area (TPSA) is 24.3 Å². The molecular weight excluding hydrogens is 339 g/mol. The number of hydrogen-bond acceptors (Lipinski definition) is 3. The molecule has 1 aliphatic heterocycles. The molecule has 0 saturated carbocycles. The number of benzene rings is 1. The highest BCUT2D eigenvalue weighted by molar-refractivity contribution is 5.16. The number of rotatable bonds is 7. The first-order chi connectivity index (χ1) is 13.0. The summed E-state index contributed by atoms with van der Waals surface area (Å²) in [6.07, 6.45) is 6.29. The van der Waals surface area contributed by atoms with E-state index in [1.807, 2.05) is 18.3 Å². The first-order valence-corrected chi connectivity index (χ1v) is 10.2. The summed E-state index contributed by atoms with van der Waals surface area (Å²) in [4.78, 5) is 9.53. The number of imidazole rings is 1. The van der Waals surface area contributed by atoms with Crippen LogP contribution in [0.25, 0.3) is 0 Å². The molecule has 3 rings (SSSR count). The van der Waals surface area contributed by atoms with Gasteiger partial charge in [0.1, 0.15) is 11.6 Å². The average Bonchev–Trinajstić information content (AvgIpc) is 2.93. The van der Waals surface area contributed by atoms with Crippen molar-refractivity contribution in [2.75, 3.05) is 26.2 Å². The predicted molar refractivity (Wildman–Crippen MR) is 108 cm³/mol. The minimum Gasteiger partial charge on any atom is -0.335 e. The lowest BCUT2D eigenvalue weighted by molar-refractivity contribution is 0.131. The van der Waals surface area contributed by atoms with Crippen LogP contribution in [0.1, 0.15) is 38.1 Å². The van der Waals surface area contributed by atoms with Crippen molar-refractivity contribution in [3.05, 3.63) is 53.9 Å². The lowest BCUT2D eigenvalue weighted by Crippen LogP contribution is -2.44. The van der Waals surface area contributed by atoms with Crippen LogP contribution in [0.3, 0.4) is 0 Å². The number of aryl methyl sites for hydroxylation is 2. The van der Waals surface area contributed by atoms with Gasteiger partial charge in [0.15, 0.2) is 0 Å². The zero-order chi connectivity index (χ0) is 19.2. The minimum absolute atomic E-state index is 0.158. The standard InChI is InChI=1S/C22H33FN4/c1-18(2)22-17-25(11-4-13-26-15-10-24-19(26)3)12-5-14-27(22)16-20-6-8-21(23)9-7-20/h6-10,15,18,22H,4-5,11-14,16-17H2,1-3H3/t22-/m0/s1. The van der Waals surface area contributed by atoms with Gasteiger partial charge in [-0.05, 0) is 56.5 Å². The molecule has 4 nitrogen and oxygen atoms in total. The van der Waals surface area contributed by atoms with E-state index in [4.69, 9.17) is 0 Å². The van der Waals surface area contributed by atoms with E-state index in [-0.39, 0.29) is 5.82 Å². The van der Waals surface area contributed by atoms with E-state index < -0.39 is 0 Å².